The van der Waals surface area contributed by atoms with Crippen LogP contribution in [0.2, 0.25) is 0 Å². The number of nitrogens with zero attached hydrogens (tertiary/aromatic N) is 2. The zero-order valence-electron chi connectivity index (χ0n) is 14.1. The average molecular weight is 295 g/mol. The van der Waals surface area contributed by atoms with Crippen LogP contribution in [-0.2, 0) is 4.74 Å². The van der Waals surface area contributed by atoms with Gasteiger partial charge in [-0.05, 0) is 45.8 Å². The van der Waals surface area contributed by atoms with E-state index < -0.39 is 0 Å². The largest absolute Gasteiger partial charge is 0.377 e. The van der Waals surface area contributed by atoms with Gasteiger partial charge in [0.25, 0.3) is 0 Å². The molecule has 0 radical (unpaired) electrons. The monoisotopic (exact) mass is 295 g/mol. The van der Waals surface area contributed by atoms with E-state index in [9.17, 15) is 0 Å². The van der Waals surface area contributed by atoms with E-state index in [0.29, 0.717) is 12.0 Å². The summed E-state index contributed by atoms with van der Waals surface area (Å²) in [6.45, 7) is 11.4. The average Bonchev–Trinajstić information content (AvgIpc) is 2.98. The third-order valence-electron chi connectivity index (χ3n) is 6.42. The molecule has 3 unspecified atom stereocenters. The summed E-state index contributed by atoms with van der Waals surface area (Å²) in [4.78, 5) is 5.03. The first-order valence-electron chi connectivity index (χ1n) is 8.76. The number of rotatable bonds is 5. The van der Waals surface area contributed by atoms with Crippen LogP contribution in [-0.4, -0.2) is 67.8 Å². The predicted octanol–water partition coefficient (Wildman–Crippen LogP) is 1.55. The molecule has 2 saturated heterocycles. The van der Waals surface area contributed by atoms with Crippen molar-refractivity contribution in [3.63, 3.8) is 0 Å². The van der Waals surface area contributed by atoms with Gasteiger partial charge in [0.1, 0.15) is 0 Å². The van der Waals surface area contributed by atoms with Crippen molar-refractivity contribution in [1.82, 2.24) is 9.80 Å². The van der Waals surface area contributed by atoms with Crippen molar-refractivity contribution in [2.45, 2.75) is 51.2 Å². The number of fused-ring (bicyclic) bond motifs is 1. The Morgan fingerprint density at radius 2 is 1.95 bits per heavy atom. The summed E-state index contributed by atoms with van der Waals surface area (Å²) in [5.41, 5.74) is 6.90. The second kappa shape index (κ2) is 5.80. The molecule has 3 atom stereocenters. The van der Waals surface area contributed by atoms with Gasteiger partial charge < -0.3 is 20.3 Å². The third kappa shape index (κ3) is 2.65. The Labute approximate surface area is 130 Å². The summed E-state index contributed by atoms with van der Waals surface area (Å²) in [5.74, 6) is 0.551. The van der Waals surface area contributed by atoms with E-state index in [0.717, 1.165) is 19.7 Å². The molecule has 2 aliphatic heterocycles. The van der Waals surface area contributed by atoms with E-state index in [1.807, 2.05) is 0 Å². The van der Waals surface area contributed by atoms with Crippen molar-refractivity contribution in [3.05, 3.63) is 0 Å². The number of likely N-dealkylation sites (N-methyl/N-ethyl adjacent to an activating group) is 1. The lowest BCUT2D eigenvalue weighted by Crippen LogP contribution is -2.80. The van der Waals surface area contributed by atoms with Crippen LogP contribution in [0.4, 0.5) is 0 Å². The van der Waals surface area contributed by atoms with Gasteiger partial charge in [0.15, 0.2) is 0 Å². The zero-order chi connectivity index (χ0) is 15.1. The van der Waals surface area contributed by atoms with Gasteiger partial charge in [0.05, 0.1) is 6.10 Å². The van der Waals surface area contributed by atoms with E-state index in [-0.39, 0.29) is 11.0 Å². The van der Waals surface area contributed by atoms with E-state index in [1.165, 1.54) is 45.3 Å². The minimum atomic E-state index is -0.0855. The maximum atomic E-state index is 6.88. The molecule has 0 amide bonds. The fraction of sp³-hybridized carbons (Fsp3) is 1.00. The molecule has 21 heavy (non-hydrogen) atoms. The summed E-state index contributed by atoms with van der Waals surface area (Å²) in [5, 5.41) is 0. The summed E-state index contributed by atoms with van der Waals surface area (Å²) in [6, 6.07) is 0. The predicted molar refractivity (Wildman–Crippen MR) is 86.3 cm³/mol. The van der Waals surface area contributed by atoms with Crippen molar-refractivity contribution >= 4 is 0 Å². The molecule has 3 aliphatic rings. The van der Waals surface area contributed by atoms with Gasteiger partial charge in [-0.2, -0.15) is 0 Å². The van der Waals surface area contributed by atoms with Crippen LogP contribution >= 0.6 is 0 Å². The number of likely N-dealkylation sites (tertiary alicyclic amines) is 1. The van der Waals surface area contributed by atoms with Crippen molar-refractivity contribution in [2.24, 2.45) is 17.1 Å². The summed E-state index contributed by atoms with van der Waals surface area (Å²) in [6.07, 6.45) is 5.54. The fourth-order valence-corrected chi connectivity index (χ4v) is 4.83. The molecule has 0 aromatic rings. The van der Waals surface area contributed by atoms with Crippen LogP contribution in [0.25, 0.3) is 0 Å². The van der Waals surface area contributed by atoms with Crippen LogP contribution in [0, 0.1) is 11.3 Å². The van der Waals surface area contributed by atoms with Crippen LogP contribution in [0.15, 0.2) is 0 Å². The van der Waals surface area contributed by atoms with Gasteiger partial charge in [-0.25, -0.2) is 0 Å². The molecular formula is C17H33N3O. The Kier molecular flexibility index (Phi) is 4.34. The minimum Gasteiger partial charge on any atom is -0.377 e. The highest BCUT2D eigenvalue weighted by Crippen LogP contribution is 2.57. The smallest absolute Gasteiger partial charge is 0.0690 e. The van der Waals surface area contributed by atoms with E-state index in [4.69, 9.17) is 10.5 Å². The van der Waals surface area contributed by atoms with Gasteiger partial charge in [-0.3, -0.25) is 0 Å². The molecule has 2 N–H and O–H groups in total. The molecular weight excluding hydrogens is 262 g/mol. The summed E-state index contributed by atoms with van der Waals surface area (Å²) < 4.78 is 6.00. The molecule has 0 bridgehead atoms. The number of nitrogens with two attached hydrogens (primary N) is 1. The second-order valence-corrected chi connectivity index (χ2v) is 8.09. The van der Waals surface area contributed by atoms with Crippen LogP contribution in [0.1, 0.15) is 39.5 Å². The van der Waals surface area contributed by atoms with Gasteiger partial charge in [0.2, 0.25) is 0 Å². The number of hydrogen-bond donors (Lipinski definition) is 1. The van der Waals surface area contributed by atoms with Crippen molar-refractivity contribution in [3.8, 4) is 0 Å². The maximum Gasteiger partial charge on any atom is 0.0690 e. The topological polar surface area (TPSA) is 41.7 Å². The summed E-state index contributed by atoms with van der Waals surface area (Å²) in [7, 11) is 2.23. The Balaban J connectivity index is 1.54. The standard InChI is InChI=1S/C17H33N3O/c1-16(2)15-14(7-6-12-21-15)17(16,18)13-19(3)10-11-20-8-4-5-9-20/h14-15H,4-13,18H2,1-3H3. The molecule has 1 saturated carbocycles. The first-order valence-corrected chi connectivity index (χ1v) is 8.76. The SMILES string of the molecule is CN(CCN1CCCC1)CC1(N)C2CCCOC2C1(C)C. The zero-order valence-corrected chi connectivity index (χ0v) is 14.1. The first-order chi connectivity index (χ1) is 9.95. The Morgan fingerprint density at radius 3 is 2.67 bits per heavy atom. The Hall–Kier alpha value is -0.160. The van der Waals surface area contributed by atoms with Crippen molar-refractivity contribution < 1.29 is 4.74 Å². The van der Waals surface area contributed by atoms with Crippen molar-refractivity contribution in [1.29, 1.82) is 0 Å². The second-order valence-electron chi connectivity index (χ2n) is 8.09. The quantitative estimate of drug-likeness (QED) is 0.835. The first kappa shape index (κ1) is 15.7. The van der Waals surface area contributed by atoms with E-state index >= 15 is 0 Å². The minimum absolute atomic E-state index is 0.0855. The lowest BCUT2D eigenvalue weighted by molar-refractivity contribution is -0.231. The highest BCUT2D eigenvalue weighted by Gasteiger charge is 2.66. The normalized spacial score (nSPS) is 39.3. The molecule has 0 aromatic carbocycles. The van der Waals surface area contributed by atoms with E-state index in [2.05, 4.69) is 30.7 Å². The van der Waals surface area contributed by atoms with Crippen LogP contribution < -0.4 is 5.73 Å². The van der Waals surface area contributed by atoms with Gasteiger partial charge in [-0.1, -0.05) is 13.8 Å². The fourth-order valence-electron chi connectivity index (χ4n) is 4.83. The molecule has 3 fully saturated rings. The molecule has 2 heterocycles. The number of hydrogen-bond acceptors (Lipinski definition) is 4. The van der Waals surface area contributed by atoms with Crippen molar-refractivity contribution in [2.75, 3.05) is 46.4 Å². The molecule has 122 valence electrons. The Bertz CT molecular complexity index is 367. The maximum absolute atomic E-state index is 6.88. The molecule has 0 aromatic heterocycles. The molecule has 4 nitrogen and oxygen atoms in total. The van der Waals surface area contributed by atoms with Gasteiger partial charge in [-0.15, -0.1) is 0 Å². The highest BCUT2D eigenvalue weighted by molar-refractivity contribution is 5.20. The summed E-state index contributed by atoms with van der Waals surface area (Å²) >= 11 is 0. The molecule has 4 heteroatoms. The molecule has 0 spiro atoms. The Morgan fingerprint density at radius 1 is 1.24 bits per heavy atom. The van der Waals surface area contributed by atoms with Crippen LogP contribution in [0.3, 0.4) is 0 Å². The lowest BCUT2D eigenvalue weighted by Gasteiger charge is -2.67. The lowest BCUT2D eigenvalue weighted by atomic mass is 9.46. The van der Waals surface area contributed by atoms with Gasteiger partial charge in [0, 0.05) is 43.1 Å². The van der Waals surface area contributed by atoms with Crippen LogP contribution in [0.5, 0.6) is 0 Å². The van der Waals surface area contributed by atoms with E-state index in [1.54, 1.807) is 0 Å². The molecule has 3 rings (SSSR count). The third-order valence-corrected chi connectivity index (χ3v) is 6.42. The highest BCUT2D eigenvalue weighted by atomic mass is 16.5. The molecule has 1 aliphatic carbocycles. The number of ether oxygens (including phenoxy) is 1. The van der Waals surface area contributed by atoms with Gasteiger partial charge >= 0.3 is 0 Å².